The highest BCUT2D eigenvalue weighted by Gasteiger charge is 2.19. The van der Waals surface area contributed by atoms with Crippen LogP contribution in [-0.4, -0.2) is 41.2 Å². The van der Waals surface area contributed by atoms with Crippen molar-refractivity contribution in [2.45, 2.75) is 26.3 Å². The third-order valence-corrected chi connectivity index (χ3v) is 5.22. The van der Waals surface area contributed by atoms with E-state index in [1.807, 2.05) is 6.07 Å². The van der Waals surface area contributed by atoms with E-state index in [0.717, 1.165) is 32.6 Å². The summed E-state index contributed by atoms with van der Waals surface area (Å²) < 4.78 is 19.2. The number of hydrogen-bond donors (Lipinski definition) is 0. The zero-order valence-corrected chi connectivity index (χ0v) is 16.1. The van der Waals surface area contributed by atoms with Gasteiger partial charge in [-0.25, -0.2) is 4.39 Å². The Labute approximate surface area is 164 Å². The number of anilines is 1. The first kappa shape index (κ1) is 18.6. The number of nitrogens with zero attached hydrogens (tertiary/aromatic N) is 4. The molecule has 0 spiro atoms. The van der Waals surface area contributed by atoms with Crippen molar-refractivity contribution in [2.75, 3.05) is 31.1 Å². The average molecular weight is 380 g/mol. The molecule has 0 unspecified atom stereocenters. The molecule has 4 rings (SSSR count). The SMILES string of the molecule is Cc1ccccc1N1CCCN(Cc2nc(Cc3ccccc3F)no2)CC1. The van der Waals surface area contributed by atoms with Crippen molar-refractivity contribution in [3.63, 3.8) is 0 Å². The highest BCUT2D eigenvalue weighted by molar-refractivity contribution is 5.53. The molecule has 2 heterocycles. The predicted molar refractivity (Wildman–Crippen MR) is 107 cm³/mol. The molecule has 0 N–H and O–H groups in total. The summed E-state index contributed by atoms with van der Waals surface area (Å²) in [6, 6.07) is 15.2. The van der Waals surface area contributed by atoms with Crippen molar-refractivity contribution < 1.29 is 8.91 Å². The van der Waals surface area contributed by atoms with Gasteiger partial charge in [0.1, 0.15) is 5.82 Å². The largest absolute Gasteiger partial charge is 0.370 e. The van der Waals surface area contributed by atoms with Gasteiger partial charge in [0.2, 0.25) is 5.89 Å². The molecular formula is C22H25FN4O. The van der Waals surface area contributed by atoms with Gasteiger partial charge in [0.15, 0.2) is 5.82 Å². The molecule has 1 saturated heterocycles. The van der Waals surface area contributed by atoms with Gasteiger partial charge in [-0.15, -0.1) is 0 Å². The van der Waals surface area contributed by atoms with Crippen LogP contribution in [0.2, 0.25) is 0 Å². The van der Waals surface area contributed by atoms with Crippen molar-refractivity contribution in [1.82, 2.24) is 15.0 Å². The Bertz CT molecular complexity index is 926. The predicted octanol–water partition coefficient (Wildman–Crippen LogP) is 3.82. The van der Waals surface area contributed by atoms with Crippen molar-refractivity contribution in [2.24, 2.45) is 0 Å². The van der Waals surface area contributed by atoms with Crippen LogP contribution in [0.3, 0.4) is 0 Å². The van der Waals surface area contributed by atoms with Crippen molar-refractivity contribution >= 4 is 5.69 Å². The number of benzene rings is 2. The first-order valence-corrected chi connectivity index (χ1v) is 9.77. The molecule has 0 saturated carbocycles. The molecular weight excluding hydrogens is 355 g/mol. The molecule has 28 heavy (non-hydrogen) atoms. The van der Waals surface area contributed by atoms with E-state index in [0.29, 0.717) is 30.2 Å². The molecule has 1 aliphatic rings. The van der Waals surface area contributed by atoms with E-state index in [9.17, 15) is 4.39 Å². The Kier molecular flexibility index (Phi) is 5.67. The maximum atomic E-state index is 13.8. The van der Waals surface area contributed by atoms with E-state index in [1.54, 1.807) is 12.1 Å². The van der Waals surface area contributed by atoms with Gasteiger partial charge >= 0.3 is 0 Å². The van der Waals surface area contributed by atoms with E-state index < -0.39 is 0 Å². The Hall–Kier alpha value is -2.73. The zero-order valence-electron chi connectivity index (χ0n) is 16.1. The Morgan fingerprint density at radius 2 is 1.82 bits per heavy atom. The summed E-state index contributed by atoms with van der Waals surface area (Å²) in [5, 5.41) is 4.03. The van der Waals surface area contributed by atoms with Gasteiger partial charge in [0, 0.05) is 38.3 Å². The van der Waals surface area contributed by atoms with Gasteiger partial charge in [0.05, 0.1) is 6.54 Å². The Morgan fingerprint density at radius 1 is 1.00 bits per heavy atom. The first-order chi connectivity index (χ1) is 13.7. The summed E-state index contributed by atoms with van der Waals surface area (Å²) in [5.41, 5.74) is 3.21. The molecule has 0 amide bonds. The molecule has 0 aliphatic carbocycles. The summed E-state index contributed by atoms with van der Waals surface area (Å²) in [4.78, 5) is 9.26. The molecule has 6 heteroatoms. The topological polar surface area (TPSA) is 45.4 Å². The highest BCUT2D eigenvalue weighted by Crippen LogP contribution is 2.21. The number of aryl methyl sites for hydroxylation is 1. The smallest absolute Gasteiger partial charge is 0.240 e. The van der Waals surface area contributed by atoms with Crippen LogP contribution >= 0.6 is 0 Å². The second-order valence-electron chi connectivity index (χ2n) is 7.28. The Morgan fingerprint density at radius 3 is 2.68 bits per heavy atom. The molecule has 5 nitrogen and oxygen atoms in total. The van der Waals surface area contributed by atoms with Crippen LogP contribution in [0.4, 0.5) is 10.1 Å². The van der Waals surface area contributed by atoms with Crippen LogP contribution in [0.25, 0.3) is 0 Å². The molecule has 1 fully saturated rings. The van der Waals surface area contributed by atoms with E-state index in [4.69, 9.17) is 4.52 Å². The minimum atomic E-state index is -0.238. The maximum Gasteiger partial charge on any atom is 0.240 e. The Balaban J connectivity index is 1.36. The van der Waals surface area contributed by atoms with Crippen molar-refractivity contribution in [3.8, 4) is 0 Å². The minimum absolute atomic E-state index is 0.238. The van der Waals surface area contributed by atoms with Crippen LogP contribution in [0.15, 0.2) is 53.1 Å². The lowest BCUT2D eigenvalue weighted by Crippen LogP contribution is -2.30. The van der Waals surface area contributed by atoms with E-state index in [-0.39, 0.29) is 5.82 Å². The summed E-state index contributed by atoms with van der Waals surface area (Å²) >= 11 is 0. The molecule has 146 valence electrons. The summed E-state index contributed by atoms with van der Waals surface area (Å²) in [6.45, 7) is 6.75. The molecule has 0 atom stereocenters. The standard InChI is InChI=1S/C22H25FN4O/c1-17-7-2-5-10-20(17)27-12-6-11-26(13-14-27)16-22-24-21(25-28-22)15-18-8-3-4-9-19(18)23/h2-5,7-10H,6,11-16H2,1H3. The minimum Gasteiger partial charge on any atom is -0.370 e. The monoisotopic (exact) mass is 380 g/mol. The fourth-order valence-electron chi connectivity index (χ4n) is 3.72. The molecule has 1 aromatic heterocycles. The summed E-state index contributed by atoms with van der Waals surface area (Å²) in [5.74, 6) is 0.879. The van der Waals surface area contributed by atoms with Crippen LogP contribution < -0.4 is 4.90 Å². The van der Waals surface area contributed by atoms with E-state index >= 15 is 0 Å². The molecule has 0 radical (unpaired) electrons. The lowest BCUT2D eigenvalue weighted by Gasteiger charge is -2.24. The van der Waals surface area contributed by atoms with Gasteiger partial charge < -0.3 is 9.42 Å². The first-order valence-electron chi connectivity index (χ1n) is 9.77. The average Bonchev–Trinajstić information content (AvgIpc) is 3.00. The number of hydrogen-bond acceptors (Lipinski definition) is 5. The second-order valence-corrected chi connectivity index (χ2v) is 7.28. The number of para-hydroxylation sites is 1. The number of rotatable bonds is 5. The summed E-state index contributed by atoms with van der Waals surface area (Å²) in [6.07, 6.45) is 1.43. The van der Waals surface area contributed by atoms with Crippen LogP contribution in [0, 0.1) is 12.7 Å². The third kappa shape index (κ3) is 4.39. The zero-order chi connectivity index (χ0) is 19.3. The van der Waals surface area contributed by atoms with Gasteiger partial charge in [-0.3, -0.25) is 4.90 Å². The second kappa shape index (κ2) is 8.52. The fraction of sp³-hybridized carbons (Fsp3) is 0.364. The maximum absolute atomic E-state index is 13.8. The molecule has 3 aromatic rings. The number of halogens is 1. The van der Waals surface area contributed by atoms with E-state index in [2.05, 4.69) is 51.1 Å². The van der Waals surface area contributed by atoms with Crippen molar-refractivity contribution in [1.29, 1.82) is 0 Å². The van der Waals surface area contributed by atoms with Gasteiger partial charge in [-0.2, -0.15) is 4.98 Å². The third-order valence-electron chi connectivity index (χ3n) is 5.22. The van der Waals surface area contributed by atoms with Gasteiger partial charge in [0.25, 0.3) is 0 Å². The van der Waals surface area contributed by atoms with Crippen molar-refractivity contribution in [3.05, 3.63) is 77.2 Å². The quantitative estimate of drug-likeness (QED) is 0.673. The normalized spacial score (nSPS) is 15.6. The molecule has 0 bridgehead atoms. The number of aromatic nitrogens is 2. The fourth-order valence-corrected chi connectivity index (χ4v) is 3.72. The summed E-state index contributed by atoms with van der Waals surface area (Å²) in [7, 11) is 0. The van der Waals surface area contributed by atoms with Crippen LogP contribution in [0.1, 0.15) is 29.3 Å². The lowest BCUT2D eigenvalue weighted by atomic mass is 10.1. The molecule has 2 aromatic carbocycles. The van der Waals surface area contributed by atoms with Crippen LogP contribution in [0.5, 0.6) is 0 Å². The molecule has 1 aliphatic heterocycles. The highest BCUT2D eigenvalue weighted by atomic mass is 19.1. The van der Waals surface area contributed by atoms with Gasteiger partial charge in [-0.05, 0) is 36.6 Å². The lowest BCUT2D eigenvalue weighted by molar-refractivity contribution is 0.239. The van der Waals surface area contributed by atoms with Gasteiger partial charge in [-0.1, -0.05) is 41.6 Å². The van der Waals surface area contributed by atoms with E-state index in [1.165, 1.54) is 17.3 Å². The van der Waals surface area contributed by atoms with Crippen LogP contribution in [-0.2, 0) is 13.0 Å².